The molecule has 0 bridgehead atoms. The third kappa shape index (κ3) is 5.73. The van der Waals surface area contributed by atoms with Crippen LogP contribution in [0.15, 0.2) is 24.3 Å². The van der Waals surface area contributed by atoms with Crippen LogP contribution in [0.1, 0.15) is 19.8 Å². The molecule has 1 aromatic carbocycles. The first-order valence-corrected chi connectivity index (χ1v) is 8.05. The van der Waals surface area contributed by atoms with Crippen molar-refractivity contribution < 1.29 is 14.3 Å². The minimum absolute atomic E-state index is 0.0999. The van der Waals surface area contributed by atoms with Crippen LogP contribution in [0.4, 0.5) is 0 Å². The van der Waals surface area contributed by atoms with Crippen LogP contribution < -0.4 is 15.8 Å². The van der Waals surface area contributed by atoms with Gasteiger partial charge >= 0.3 is 0 Å². The molecule has 1 aliphatic heterocycles. The van der Waals surface area contributed by atoms with Crippen LogP contribution in [0.2, 0.25) is 5.02 Å². The molecule has 1 unspecified atom stereocenters. The molecule has 0 aliphatic carbocycles. The lowest BCUT2D eigenvalue weighted by Crippen LogP contribution is -2.49. The van der Waals surface area contributed by atoms with E-state index in [1.165, 1.54) is 0 Å². The van der Waals surface area contributed by atoms with Crippen molar-refractivity contribution in [1.82, 2.24) is 10.2 Å². The molecule has 126 valence electrons. The summed E-state index contributed by atoms with van der Waals surface area (Å²) in [5, 5.41) is 3.61. The SMILES string of the molecule is CC(Oc1ccc(Cl)cc1)C(=O)NC1CCN(CC(N)=O)CC1. The largest absolute Gasteiger partial charge is 0.481 e. The maximum absolute atomic E-state index is 12.2. The van der Waals surface area contributed by atoms with Crippen molar-refractivity contribution in [3.63, 3.8) is 0 Å². The lowest BCUT2D eigenvalue weighted by molar-refractivity contribution is -0.128. The number of rotatable bonds is 6. The van der Waals surface area contributed by atoms with Crippen LogP contribution in [0, 0.1) is 0 Å². The summed E-state index contributed by atoms with van der Waals surface area (Å²) in [5.74, 6) is 0.138. The van der Waals surface area contributed by atoms with Gasteiger partial charge in [-0.25, -0.2) is 0 Å². The van der Waals surface area contributed by atoms with Crippen LogP contribution in [0.25, 0.3) is 0 Å². The van der Waals surface area contributed by atoms with E-state index in [4.69, 9.17) is 22.1 Å². The predicted molar refractivity (Wildman–Crippen MR) is 88.3 cm³/mol. The zero-order valence-electron chi connectivity index (χ0n) is 13.1. The Balaban J connectivity index is 1.76. The average Bonchev–Trinajstić information content (AvgIpc) is 2.51. The zero-order chi connectivity index (χ0) is 16.8. The van der Waals surface area contributed by atoms with Gasteiger partial charge in [0.2, 0.25) is 5.91 Å². The molecule has 7 heteroatoms. The highest BCUT2D eigenvalue weighted by Gasteiger charge is 2.24. The van der Waals surface area contributed by atoms with E-state index in [-0.39, 0.29) is 24.4 Å². The molecule has 0 saturated carbocycles. The molecule has 2 amide bonds. The number of benzene rings is 1. The number of carbonyl (C=O) groups excluding carboxylic acids is 2. The quantitative estimate of drug-likeness (QED) is 0.815. The number of piperidine rings is 1. The van der Waals surface area contributed by atoms with Crippen LogP contribution in [0.5, 0.6) is 5.75 Å². The Morgan fingerprint density at radius 2 is 1.96 bits per heavy atom. The normalized spacial score (nSPS) is 17.5. The maximum Gasteiger partial charge on any atom is 0.260 e. The highest BCUT2D eigenvalue weighted by atomic mass is 35.5. The van der Waals surface area contributed by atoms with E-state index in [2.05, 4.69) is 5.32 Å². The molecular weight excluding hydrogens is 318 g/mol. The van der Waals surface area contributed by atoms with Gasteiger partial charge in [0.05, 0.1) is 6.54 Å². The van der Waals surface area contributed by atoms with Crippen molar-refractivity contribution in [2.24, 2.45) is 5.73 Å². The molecule has 0 aromatic heterocycles. The summed E-state index contributed by atoms with van der Waals surface area (Å²) in [7, 11) is 0. The summed E-state index contributed by atoms with van der Waals surface area (Å²) < 4.78 is 5.60. The predicted octanol–water partition coefficient (Wildman–Crippen LogP) is 1.17. The second-order valence-electron chi connectivity index (χ2n) is 5.74. The number of amides is 2. The summed E-state index contributed by atoms with van der Waals surface area (Å²) in [6, 6.07) is 7.00. The Morgan fingerprint density at radius 3 is 2.52 bits per heavy atom. The first-order valence-electron chi connectivity index (χ1n) is 7.67. The van der Waals surface area contributed by atoms with Gasteiger partial charge in [-0.3, -0.25) is 14.5 Å². The summed E-state index contributed by atoms with van der Waals surface area (Å²) >= 11 is 5.82. The summed E-state index contributed by atoms with van der Waals surface area (Å²) in [4.78, 5) is 25.1. The molecule has 6 nitrogen and oxygen atoms in total. The van der Waals surface area contributed by atoms with Gasteiger partial charge in [-0.05, 0) is 44.0 Å². The van der Waals surface area contributed by atoms with Gasteiger partial charge in [0.1, 0.15) is 5.75 Å². The van der Waals surface area contributed by atoms with Gasteiger partial charge in [0, 0.05) is 24.2 Å². The standard InChI is InChI=1S/C16H22ClN3O3/c1-11(23-14-4-2-12(17)3-5-14)16(22)19-13-6-8-20(9-7-13)10-15(18)21/h2-5,11,13H,6-10H2,1H3,(H2,18,21)(H,19,22). The first-order chi connectivity index (χ1) is 10.9. The molecule has 1 saturated heterocycles. The van der Waals surface area contributed by atoms with E-state index in [9.17, 15) is 9.59 Å². The molecule has 3 N–H and O–H groups in total. The maximum atomic E-state index is 12.2. The number of hydrogen-bond acceptors (Lipinski definition) is 4. The number of nitrogens with zero attached hydrogens (tertiary/aromatic N) is 1. The fourth-order valence-electron chi connectivity index (χ4n) is 2.55. The minimum Gasteiger partial charge on any atom is -0.481 e. The number of nitrogens with one attached hydrogen (secondary N) is 1. The number of nitrogens with two attached hydrogens (primary N) is 1. The van der Waals surface area contributed by atoms with E-state index in [1.54, 1.807) is 31.2 Å². The van der Waals surface area contributed by atoms with Gasteiger partial charge < -0.3 is 15.8 Å². The van der Waals surface area contributed by atoms with E-state index in [0.29, 0.717) is 10.8 Å². The van der Waals surface area contributed by atoms with Gasteiger partial charge in [-0.1, -0.05) is 11.6 Å². The van der Waals surface area contributed by atoms with E-state index in [1.807, 2.05) is 4.90 Å². The Hall–Kier alpha value is -1.79. The molecule has 1 aliphatic rings. The van der Waals surface area contributed by atoms with Crippen LogP contribution in [-0.4, -0.2) is 48.5 Å². The number of likely N-dealkylation sites (tertiary alicyclic amines) is 1. The third-order valence-corrected chi connectivity index (χ3v) is 4.06. The summed E-state index contributed by atoms with van der Waals surface area (Å²) in [6.07, 6.45) is 1.01. The number of primary amides is 1. The minimum atomic E-state index is -0.583. The van der Waals surface area contributed by atoms with Crippen molar-refractivity contribution in [1.29, 1.82) is 0 Å². The smallest absolute Gasteiger partial charge is 0.260 e. The van der Waals surface area contributed by atoms with Gasteiger partial charge in [0.15, 0.2) is 6.10 Å². The Morgan fingerprint density at radius 1 is 1.35 bits per heavy atom. The summed E-state index contributed by atoms with van der Waals surface area (Å²) in [6.45, 7) is 3.49. The molecular formula is C16H22ClN3O3. The van der Waals surface area contributed by atoms with E-state index < -0.39 is 6.10 Å². The van der Waals surface area contributed by atoms with Crippen LogP contribution in [0.3, 0.4) is 0 Å². The molecule has 1 aromatic rings. The van der Waals surface area contributed by atoms with Crippen molar-refractivity contribution >= 4 is 23.4 Å². The lowest BCUT2D eigenvalue weighted by Gasteiger charge is -2.32. The molecule has 23 heavy (non-hydrogen) atoms. The average molecular weight is 340 g/mol. The topological polar surface area (TPSA) is 84.7 Å². The zero-order valence-corrected chi connectivity index (χ0v) is 13.9. The summed E-state index contributed by atoms with van der Waals surface area (Å²) in [5.41, 5.74) is 5.19. The number of halogens is 1. The van der Waals surface area contributed by atoms with Gasteiger partial charge in [-0.2, -0.15) is 0 Å². The first kappa shape index (κ1) is 17.6. The molecule has 0 spiro atoms. The molecule has 2 rings (SSSR count). The molecule has 1 fully saturated rings. The Labute approximate surface area is 140 Å². The van der Waals surface area contributed by atoms with E-state index in [0.717, 1.165) is 25.9 Å². The van der Waals surface area contributed by atoms with Crippen molar-refractivity contribution in [2.45, 2.75) is 31.9 Å². The van der Waals surface area contributed by atoms with Crippen molar-refractivity contribution in [3.8, 4) is 5.75 Å². The van der Waals surface area contributed by atoms with Crippen molar-refractivity contribution in [3.05, 3.63) is 29.3 Å². The number of carbonyl (C=O) groups is 2. The third-order valence-electron chi connectivity index (χ3n) is 3.81. The fraction of sp³-hybridized carbons (Fsp3) is 0.500. The monoisotopic (exact) mass is 339 g/mol. The molecule has 1 atom stereocenters. The van der Waals surface area contributed by atoms with Gasteiger partial charge in [-0.15, -0.1) is 0 Å². The molecule has 0 radical (unpaired) electrons. The highest BCUT2D eigenvalue weighted by molar-refractivity contribution is 6.30. The second-order valence-corrected chi connectivity index (χ2v) is 6.18. The van der Waals surface area contributed by atoms with Gasteiger partial charge in [0.25, 0.3) is 5.91 Å². The van der Waals surface area contributed by atoms with E-state index >= 15 is 0 Å². The van der Waals surface area contributed by atoms with Crippen LogP contribution in [-0.2, 0) is 9.59 Å². The number of hydrogen-bond donors (Lipinski definition) is 2. The lowest BCUT2D eigenvalue weighted by atomic mass is 10.0. The second kappa shape index (κ2) is 8.17. The molecule has 1 heterocycles. The highest BCUT2D eigenvalue weighted by Crippen LogP contribution is 2.17. The Kier molecular flexibility index (Phi) is 6.24. The fourth-order valence-corrected chi connectivity index (χ4v) is 2.67. The Bertz CT molecular complexity index is 542. The number of ether oxygens (including phenoxy) is 1. The van der Waals surface area contributed by atoms with Crippen molar-refractivity contribution in [2.75, 3.05) is 19.6 Å². The van der Waals surface area contributed by atoms with Crippen LogP contribution >= 0.6 is 11.6 Å².